The van der Waals surface area contributed by atoms with Crippen LogP contribution in [0.2, 0.25) is 0 Å². The lowest BCUT2D eigenvalue weighted by molar-refractivity contribution is -0.142. The van der Waals surface area contributed by atoms with E-state index in [1.54, 1.807) is 6.92 Å². The van der Waals surface area contributed by atoms with E-state index in [0.717, 1.165) is 6.07 Å². The fourth-order valence-electron chi connectivity index (χ4n) is 0.940. The first-order chi connectivity index (χ1) is 6.63. The Morgan fingerprint density at radius 3 is 2.79 bits per heavy atom. The number of nitrogens with zero attached hydrogens (tertiary/aromatic N) is 1. The lowest BCUT2D eigenvalue weighted by Gasteiger charge is -2.02. The summed E-state index contributed by atoms with van der Waals surface area (Å²) in [6.07, 6.45) is -0.229. The van der Waals surface area contributed by atoms with Crippen molar-refractivity contribution in [2.45, 2.75) is 13.3 Å². The van der Waals surface area contributed by atoms with Crippen LogP contribution in [0.15, 0.2) is 12.1 Å². The Balaban J connectivity index is 2.72. The second-order valence-electron chi connectivity index (χ2n) is 2.57. The molecule has 5 heteroatoms. The molecule has 0 saturated carbocycles. The molecule has 0 fully saturated rings. The van der Waals surface area contributed by atoms with Gasteiger partial charge in [0.2, 0.25) is 11.9 Å². The molecule has 0 saturated heterocycles. The van der Waals surface area contributed by atoms with Crippen molar-refractivity contribution in [3.05, 3.63) is 29.6 Å². The predicted molar refractivity (Wildman–Crippen MR) is 44.5 cm³/mol. The summed E-state index contributed by atoms with van der Waals surface area (Å²) in [5.41, 5.74) is 0.0323. The highest BCUT2D eigenvalue weighted by atomic mass is 19.1. The minimum atomic E-state index is -0.974. The van der Waals surface area contributed by atoms with Crippen molar-refractivity contribution in [2.24, 2.45) is 0 Å². The van der Waals surface area contributed by atoms with Gasteiger partial charge in [-0.25, -0.2) is 0 Å². The van der Waals surface area contributed by atoms with Crippen LogP contribution in [-0.4, -0.2) is 17.6 Å². The van der Waals surface area contributed by atoms with Gasteiger partial charge >= 0.3 is 5.97 Å². The van der Waals surface area contributed by atoms with Crippen molar-refractivity contribution >= 4 is 5.97 Å². The second kappa shape index (κ2) is 4.64. The van der Waals surface area contributed by atoms with Crippen molar-refractivity contribution in [2.75, 3.05) is 6.61 Å². The Morgan fingerprint density at radius 2 is 2.21 bits per heavy atom. The number of hydrogen-bond acceptors (Lipinski definition) is 3. The zero-order valence-electron chi connectivity index (χ0n) is 7.59. The molecule has 14 heavy (non-hydrogen) atoms. The molecule has 1 heterocycles. The van der Waals surface area contributed by atoms with Crippen LogP contribution in [0.3, 0.4) is 0 Å². The van der Waals surface area contributed by atoms with Gasteiger partial charge in [0.25, 0.3) is 0 Å². The highest BCUT2D eigenvalue weighted by molar-refractivity contribution is 5.72. The molecule has 0 aliphatic heterocycles. The SMILES string of the molecule is CCOC(=O)Cc1ccc(F)nc1F. The zero-order chi connectivity index (χ0) is 10.6. The van der Waals surface area contributed by atoms with E-state index in [1.165, 1.54) is 6.07 Å². The van der Waals surface area contributed by atoms with E-state index in [1.807, 2.05) is 0 Å². The van der Waals surface area contributed by atoms with Gasteiger partial charge in [0, 0.05) is 5.56 Å². The first-order valence-electron chi connectivity index (χ1n) is 4.10. The largest absolute Gasteiger partial charge is 0.466 e. The van der Waals surface area contributed by atoms with E-state index >= 15 is 0 Å². The molecule has 1 aromatic rings. The third kappa shape index (κ3) is 2.76. The highest BCUT2D eigenvalue weighted by Gasteiger charge is 2.10. The van der Waals surface area contributed by atoms with Crippen LogP contribution in [0.4, 0.5) is 8.78 Å². The van der Waals surface area contributed by atoms with E-state index in [-0.39, 0.29) is 18.6 Å². The second-order valence-corrected chi connectivity index (χ2v) is 2.57. The maximum absolute atomic E-state index is 12.9. The number of ether oxygens (including phenoxy) is 1. The first kappa shape index (κ1) is 10.6. The molecule has 0 N–H and O–H groups in total. The number of rotatable bonds is 3. The molecule has 0 spiro atoms. The van der Waals surface area contributed by atoms with Gasteiger partial charge in [-0.1, -0.05) is 0 Å². The summed E-state index contributed by atoms with van der Waals surface area (Å²) in [5, 5.41) is 0. The molecule has 0 radical (unpaired) electrons. The van der Waals surface area contributed by atoms with Gasteiger partial charge in [-0.2, -0.15) is 13.8 Å². The molecule has 0 amide bonds. The number of hydrogen-bond donors (Lipinski definition) is 0. The lowest BCUT2D eigenvalue weighted by atomic mass is 10.2. The summed E-state index contributed by atoms with van der Waals surface area (Å²) in [5.74, 6) is -2.44. The third-order valence-corrected chi connectivity index (χ3v) is 1.53. The Labute approximate surface area is 79.7 Å². The molecule has 1 aromatic heterocycles. The Morgan fingerprint density at radius 1 is 1.50 bits per heavy atom. The number of aromatic nitrogens is 1. The van der Waals surface area contributed by atoms with E-state index in [9.17, 15) is 13.6 Å². The van der Waals surface area contributed by atoms with Crippen LogP contribution >= 0.6 is 0 Å². The molecule has 0 aromatic carbocycles. The van der Waals surface area contributed by atoms with Gasteiger partial charge in [-0.05, 0) is 19.1 Å². The average Bonchev–Trinajstić information content (AvgIpc) is 2.10. The maximum atomic E-state index is 12.9. The number of halogens is 2. The van der Waals surface area contributed by atoms with E-state index in [4.69, 9.17) is 0 Å². The van der Waals surface area contributed by atoms with Gasteiger partial charge in [0.15, 0.2) is 0 Å². The Bertz CT molecular complexity index is 342. The van der Waals surface area contributed by atoms with E-state index < -0.39 is 17.9 Å². The summed E-state index contributed by atoms with van der Waals surface area (Å²) in [4.78, 5) is 13.9. The van der Waals surface area contributed by atoms with Gasteiger partial charge in [0.1, 0.15) is 0 Å². The van der Waals surface area contributed by atoms with Crippen LogP contribution in [0.5, 0.6) is 0 Å². The van der Waals surface area contributed by atoms with Crippen LogP contribution < -0.4 is 0 Å². The fraction of sp³-hybridized carbons (Fsp3) is 0.333. The number of esters is 1. The first-order valence-corrected chi connectivity index (χ1v) is 4.10. The summed E-state index contributed by atoms with van der Waals surface area (Å²) in [6.45, 7) is 1.88. The molecular weight excluding hydrogens is 192 g/mol. The van der Waals surface area contributed by atoms with Crippen molar-refractivity contribution in [1.29, 1.82) is 0 Å². The van der Waals surface area contributed by atoms with E-state index in [0.29, 0.717) is 0 Å². The van der Waals surface area contributed by atoms with Gasteiger partial charge in [-0.3, -0.25) is 4.79 Å². The van der Waals surface area contributed by atoms with Crippen molar-refractivity contribution < 1.29 is 18.3 Å². The van der Waals surface area contributed by atoms with Gasteiger partial charge in [0.05, 0.1) is 13.0 Å². The van der Waals surface area contributed by atoms with Gasteiger partial charge in [-0.15, -0.1) is 0 Å². The smallest absolute Gasteiger partial charge is 0.310 e. The highest BCUT2D eigenvalue weighted by Crippen LogP contribution is 2.06. The van der Waals surface area contributed by atoms with Crippen molar-refractivity contribution in [3.63, 3.8) is 0 Å². The van der Waals surface area contributed by atoms with Crippen LogP contribution in [0.25, 0.3) is 0 Å². The number of pyridine rings is 1. The van der Waals surface area contributed by atoms with E-state index in [2.05, 4.69) is 9.72 Å². The normalized spacial score (nSPS) is 9.93. The van der Waals surface area contributed by atoms with Gasteiger partial charge < -0.3 is 4.74 Å². The molecule has 1 rings (SSSR count). The maximum Gasteiger partial charge on any atom is 0.310 e. The van der Waals surface area contributed by atoms with Crippen LogP contribution in [-0.2, 0) is 16.0 Å². The molecule has 0 aliphatic rings. The molecule has 3 nitrogen and oxygen atoms in total. The molecule has 0 atom stereocenters. The fourth-order valence-corrected chi connectivity index (χ4v) is 0.940. The zero-order valence-corrected chi connectivity index (χ0v) is 7.59. The Kier molecular flexibility index (Phi) is 3.50. The summed E-state index contributed by atoms with van der Waals surface area (Å²) in [6, 6.07) is 2.17. The monoisotopic (exact) mass is 201 g/mol. The quantitative estimate of drug-likeness (QED) is 0.549. The molecular formula is C9H9F2NO2. The minimum Gasteiger partial charge on any atom is -0.466 e. The van der Waals surface area contributed by atoms with Crippen molar-refractivity contribution in [1.82, 2.24) is 4.98 Å². The molecule has 0 unspecified atom stereocenters. The summed E-state index contributed by atoms with van der Waals surface area (Å²) < 4.78 is 29.9. The van der Waals surface area contributed by atoms with Crippen LogP contribution in [0.1, 0.15) is 12.5 Å². The van der Waals surface area contributed by atoms with Crippen molar-refractivity contribution in [3.8, 4) is 0 Å². The number of carbonyl (C=O) groups is 1. The molecule has 0 aliphatic carbocycles. The number of carbonyl (C=O) groups excluding carboxylic acids is 1. The Hall–Kier alpha value is -1.52. The third-order valence-electron chi connectivity index (χ3n) is 1.53. The predicted octanol–water partition coefficient (Wildman–Crippen LogP) is 1.47. The summed E-state index contributed by atoms with van der Waals surface area (Å²) >= 11 is 0. The lowest BCUT2D eigenvalue weighted by Crippen LogP contribution is -2.09. The standard InChI is InChI=1S/C9H9F2NO2/c1-2-14-8(13)5-6-3-4-7(10)12-9(6)11/h3-4H,2,5H2,1H3. The molecule has 76 valence electrons. The minimum absolute atomic E-state index is 0.0323. The topological polar surface area (TPSA) is 39.2 Å². The average molecular weight is 201 g/mol. The summed E-state index contributed by atoms with van der Waals surface area (Å²) in [7, 11) is 0. The van der Waals surface area contributed by atoms with Crippen LogP contribution in [0, 0.1) is 11.9 Å². The molecule has 0 bridgehead atoms.